The van der Waals surface area contributed by atoms with Crippen molar-refractivity contribution in [3.63, 3.8) is 0 Å². The Kier molecular flexibility index (Phi) is 3.92. The van der Waals surface area contributed by atoms with Crippen molar-refractivity contribution < 1.29 is 13.9 Å². The summed E-state index contributed by atoms with van der Waals surface area (Å²) >= 11 is 6.79. The molecule has 0 spiro atoms. The highest BCUT2D eigenvalue weighted by Crippen LogP contribution is 2.46. The van der Waals surface area contributed by atoms with E-state index < -0.39 is 0 Å². The van der Waals surface area contributed by atoms with E-state index >= 15 is 0 Å². The molecule has 2 aromatic heterocycles. The highest BCUT2D eigenvalue weighted by atomic mass is 35.5. The number of furan rings is 1. The van der Waals surface area contributed by atoms with Gasteiger partial charge in [0.2, 0.25) is 5.71 Å². The van der Waals surface area contributed by atoms with Crippen molar-refractivity contribution in [2.75, 3.05) is 14.2 Å². The van der Waals surface area contributed by atoms with Crippen LogP contribution in [0.2, 0.25) is 5.02 Å². The van der Waals surface area contributed by atoms with E-state index in [0.29, 0.717) is 5.02 Å². The minimum atomic E-state index is 0.631. The molecule has 0 radical (unpaired) electrons. The third-order valence-corrected chi connectivity index (χ3v) is 6.18. The summed E-state index contributed by atoms with van der Waals surface area (Å²) in [4.78, 5) is 0. The molecule has 0 aliphatic carbocycles. The predicted molar refractivity (Wildman–Crippen MR) is 126 cm³/mol. The van der Waals surface area contributed by atoms with Gasteiger partial charge in [-0.1, -0.05) is 48.0 Å². The van der Waals surface area contributed by atoms with Gasteiger partial charge in [0.1, 0.15) is 17.1 Å². The van der Waals surface area contributed by atoms with Crippen molar-refractivity contribution in [1.29, 1.82) is 0 Å². The Hall–Kier alpha value is -3.63. The van der Waals surface area contributed by atoms with E-state index in [1.54, 1.807) is 14.2 Å². The summed E-state index contributed by atoms with van der Waals surface area (Å²) in [6, 6.07) is 24.1. The highest BCUT2D eigenvalue weighted by Gasteiger charge is 2.24. The molecule has 0 saturated heterocycles. The number of hydrogen-bond acceptors (Lipinski definition) is 3. The summed E-state index contributed by atoms with van der Waals surface area (Å²) in [5.74, 6) is 1.55. The fourth-order valence-electron chi connectivity index (χ4n) is 4.50. The number of rotatable bonds is 3. The van der Waals surface area contributed by atoms with Gasteiger partial charge in [-0.15, -0.1) is 0 Å². The van der Waals surface area contributed by atoms with Crippen LogP contribution >= 0.6 is 11.6 Å². The standard InChI is InChI=1S/C26H18ClNO3/c1-29-16-11-10-15-6-5-8-20(18(15)14-16)28-25-19(27)12-13-22(30-2)24(25)23-17-7-3-4-9-21(17)31-26(23)28/h3-14H,1-2H3. The lowest BCUT2D eigenvalue weighted by atomic mass is 10.1. The molecule has 0 atom stereocenters. The Morgan fingerprint density at radius 2 is 1.68 bits per heavy atom. The van der Waals surface area contributed by atoms with Gasteiger partial charge in [0.15, 0.2) is 0 Å². The third kappa shape index (κ3) is 2.49. The number of fused-ring (bicyclic) bond motifs is 6. The number of aromatic nitrogens is 1. The minimum Gasteiger partial charge on any atom is -0.497 e. The number of para-hydroxylation sites is 1. The molecule has 2 heterocycles. The molecular weight excluding hydrogens is 410 g/mol. The number of halogens is 1. The molecule has 0 amide bonds. The first-order valence-electron chi connectivity index (χ1n) is 9.96. The molecule has 4 aromatic carbocycles. The normalized spacial score (nSPS) is 11.7. The molecule has 152 valence electrons. The van der Waals surface area contributed by atoms with Crippen LogP contribution in [0.4, 0.5) is 0 Å². The van der Waals surface area contributed by atoms with Crippen LogP contribution < -0.4 is 9.47 Å². The van der Waals surface area contributed by atoms with Crippen LogP contribution in [0.5, 0.6) is 11.5 Å². The first-order chi connectivity index (χ1) is 15.2. The SMILES string of the molecule is COc1ccc2cccc(-n3c4oc5ccccc5c4c4c(OC)ccc(Cl)c43)c2c1. The van der Waals surface area contributed by atoms with Crippen LogP contribution in [0.15, 0.2) is 77.2 Å². The molecule has 6 aromatic rings. The number of hydrogen-bond donors (Lipinski definition) is 0. The van der Waals surface area contributed by atoms with E-state index in [-0.39, 0.29) is 0 Å². The van der Waals surface area contributed by atoms with Crippen molar-refractivity contribution in [2.24, 2.45) is 0 Å². The van der Waals surface area contributed by atoms with Gasteiger partial charge >= 0.3 is 0 Å². The average molecular weight is 428 g/mol. The van der Waals surface area contributed by atoms with Gasteiger partial charge in [0.25, 0.3) is 0 Å². The van der Waals surface area contributed by atoms with E-state index in [0.717, 1.165) is 60.9 Å². The maximum absolute atomic E-state index is 6.79. The molecule has 31 heavy (non-hydrogen) atoms. The van der Waals surface area contributed by atoms with Gasteiger partial charge in [-0.3, -0.25) is 4.57 Å². The van der Waals surface area contributed by atoms with E-state index in [4.69, 9.17) is 25.5 Å². The quantitative estimate of drug-likeness (QED) is 0.296. The fraction of sp³-hybridized carbons (Fsp3) is 0.0769. The molecule has 5 heteroatoms. The Morgan fingerprint density at radius 3 is 2.52 bits per heavy atom. The maximum Gasteiger partial charge on any atom is 0.214 e. The van der Waals surface area contributed by atoms with Gasteiger partial charge in [-0.2, -0.15) is 0 Å². The average Bonchev–Trinajstić information content (AvgIpc) is 3.34. The zero-order valence-electron chi connectivity index (χ0n) is 17.0. The first-order valence-corrected chi connectivity index (χ1v) is 10.3. The summed E-state index contributed by atoms with van der Waals surface area (Å²) in [7, 11) is 3.35. The number of ether oxygens (including phenoxy) is 2. The summed E-state index contributed by atoms with van der Waals surface area (Å²) in [5.41, 5.74) is 3.38. The van der Waals surface area contributed by atoms with E-state index in [2.05, 4.69) is 28.8 Å². The maximum atomic E-state index is 6.79. The van der Waals surface area contributed by atoms with Crippen LogP contribution in [-0.2, 0) is 0 Å². The van der Waals surface area contributed by atoms with Crippen LogP contribution in [0.1, 0.15) is 0 Å². The Balaban J connectivity index is 1.88. The number of benzene rings is 4. The summed E-state index contributed by atoms with van der Waals surface area (Å²) < 4.78 is 19.7. The molecule has 0 N–H and O–H groups in total. The van der Waals surface area contributed by atoms with Gasteiger partial charge < -0.3 is 13.9 Å². The third-order valence-electron chi connectivity index (χ3n) is 5.87. The van der Waals surface area contributed by atoms with Gasteiger partial charge in [-0.05, 0) is 41.8 Å². The first kappa shape index (κ1) is 18.2. The smallest absolute Gasteiger partial charge is 0.214 e. The van der Waals surface area contributed by atoms with Crippen molar-refractivity contribution in [1.82, 2.24) is 4.57 Å². The lowest BCUT2D eigenvalue weighted by molar-refractivity contribution is 0.415. The number of methoxy groups -OCH3 is 2. The molecule has 0 aliphatic rings. The van der Waals surface area contributed by atoms with Crippen LogP contribution in [0.25, 0.3) is 49.4 Å². The molecular formula is C26H18ClNO3. The van der Waals surface area contributed by atoms with E-state index in [1.807, 2.05) is 48.5 Å². The number of nitrogens with zero attached hydrogens (tertiary/aromatic N) is 1. The van der Waals surface area contributed by atoms with Crippen molar-refractivity contribution >= 4 is 55.3 Å². The summed E-state index contributed by atoms with van der Waals surface area (Å²) in [6.07, 6.45) is 0. The topological polar surface area (TPSA) is 36.5 Å². The highest BCUT2D eigenvalue weighted by molar-refractivity contribution is 6.38. The summed E-state index contributed by atoms with van der Waals surface area (Å²) in [6.45, 7) is 0. The lowest BCUT2D eigenvalue weighted by Gasteiger charge is -2.12. The van der Waals surface area contributed by atoms with Crippen LogP contribution in [0.3, 0.4) is 0 Å². The van der Waals surface area contributed by atoms with Gasteiger partial charge in [0.05, 0.1) is 41.2 Å². The molecule has 6 rings (SSSR count). The van der Waals surface area contributed by atoms with Crippen molar-refractivity contribution in [2.45, 2.75) is 0 Å². The lowest BCUT2D eigenvalue weighted by Crippen LogP contribution is -1.96. The van der Waals surface area contributed by atoms with E-state index in [9.17, 15) is 0 Å². The molecule has 0 unspecified atom stereocenters. The summed E-state index contributed by atoms with van der Waals surface area (Å²) in [5, 5.41) is 5.73. The Labute approximate surface area is 183 Å². The van der Waals surface area contributed by atoms with E-state index in [1.165, 1.54) is 0 Å². The molecule has 0 bridgehead atoms. The Bertz CT molecular complexity index is 1630. The second kappa shape index (κ2) is 6.69. The minimum absolute atomic E-state index is 0.631. The van der Waals surface area contributed by atoms with Crippen LogP contribution in [0, 0.1) is 0 Å². The molecule has 0 aliphatic heterocycles. The zero-order valence-corrected chi connectivity index (χ0v) is 17.7. The molecule has 4 nitrogen and oxygen atoms in total. The van der Waals surface area contributed by atoms with Crippen LogP contribution in [-0.4, -0.2) is 18.8 Å². The largest absolute Gasteiger partial charge is 0.497 e. The zero-order chi connectivity index (χ0) is 21.1. The second-order valence-electron chi connectivity index (χ2n) is 7.45. The molecule has 0 saturated carbocycles. The van der Waals surface area contributed by atoms with Gasteiger partial charge in [0, 0.05) is 10.8 Å². The molecule has 0 fully saturated rings. The Morgan fingerprint density at radius 1 is 0.806 bits per heavy atom. The predicted octanol–water partition coefficient (Wildman–Crippen LogP) is 7.35. The van der Waals surface area contributed by atoms with Crippen molar-refractivity contribution in [3.8, 4) is 17.2 Å². The fourth-order valence-corrected chi connectivity index (χ4v) is 4.74. The van der Waals surface area contributed by atoms with Crippen molar-refractivity contribution in [3.05, 3.63) is 77.8 Å². The van der Waals surface area contributed by atoms with Gasteiger partial charge in [-0.25, -0.2) is 0 Å². The second-order valence-corrected chi connectivity index (χ2v) is 7.86. The monoisotopic (exact) mass is 427 g/mol.